The van der Waals surface area contributed by atoms with Crippen molar-refractivity contribution in [1.82, 2.24) is 15.0 Å². The molecule has 0 radical (unpaired) electrons. The van der Waals surface area contributed by atoms with Gasteiger partial charge in [0.1, 0.15) is 0 Å². The Morgan fingerprint density at radius 2 is 2.41 bits per heavy atom. The zero-order chi connectivity index (χ0) is 12.1. The van der Waals surface area contributed by atoms with Gasteiger partial charge in [0, 0.05) is 17.5 Å². The highest BCUT2D eigenvalue weighted by Gasteiger charge is 2.11. The molecule has 2 aromatic heterocycles. The second-order valence-electron chi connectivity index (χ2n) is 3.62. The molecule has 0 amide bonds. The van der Waals surface area contributed by atoms with Crippen LogP contribution < -0.4 is 0 Å². The summed E-state index contributed by atoms with van der Waals surface area (Å²) < 4.78 is 5.19. The van der Waals surface area contributed by atoms with Crippen LogP contribution in [-0.2, 0) is 6.54 Å². The van der Waals surface area contributed by atoms with E-state index in [0.29, 0.717) is 24.8 Å². The average molecular weight is 253 g/mol. The van der Waals surface area contributed by atoms with Crippen LogP contribution in [-0.4, -0.2) is 39.8 Å². The lowest BCUT2D eigenvalue weighted by Crippen LogP contribution is -2.26. The van der Waals surface area contributed by atoms with Crippen LogP contribution in [0.1, 0.15) is 12.8 Å². The van der Waals surface area contributed by atoms with Gasteiger partial charge in [-0.25, -0.2) is 0 Å². The lowest BCUT2D eigenvalue weighted by molar-refractivity contribution is 0.180. The Morgan fingerprint density at radius 1 is 1.53 bits per heavy atom. The number of likely N-dealkylation sites (N-methyl/N-ethyl adjacent to an activating group) is 1. The fourth-order valence-electron chi connectivity index (χ4n) is 1.51. The zero-order valence-electron chi connectivity index (χ0n) is 9.67. The van der Waals surface area contributed by atoms with Crippen molar-refractivity contribution >= 4 is 11.3 Å². The summed E-state index contributed by atoms with van der Waals surface area (Å²) in [4.78, 5) is 6.37. The normalized spacial score (nSPS) is 11.2. The molecule has 0 bridgehead atoms. The van der Waals surface area contributed by atoms with Gasteiger partial charge in [-0.1, -0.05) is 12.1 Å². The molecular formula is C11H15N3O2S. The molecule has 6 heteroatoms. The van der Waals surface area contributed by atoms with Gasteiger partial charge in [0.2, 0.25) is 11.7 Å². The molecule has 2 rings (SSSR count). The van der Waals surface area contributed by atoms with E-state index in [1.807, 2.05) is 28.7 Å². The summed E-state index contributed by atoms with van der Waals surface area (Å²) in [6, 6.07) is 1.96. The molecule has 0 saturated carbocycles. The molecule has 92 valence electrons. The molecule has 0 aliphatic rings. The van der Waals surface area contributed by atoms with Gasteiger partial charge in [-0.3, -0.25) is 4.90 Å². The molecule has 0 aliphatic carbocycles. The van der Waals surface area contributed by atoms with E-state index in [0.717, 1.165) is 12.1 Å². The number of nitrogens with zero attached hydrogens (tertiary/aromatic N) is 3. The summed E-state index contributed by atoms with van der Waals surface area (Å²) in [5.74, 6) is 1.21. The molecule has 0 aliphatic heterocycles. The van der Waals surface area contributed by atoms with Crippen LogP contribution >= 0.6 is 11.3 Å². The molecule has 0 atom stereocenters. The van der Waals surface area contributed by atoms with E-state index >= 15 is 0 Å². The highest BCUT2D eigenvalue weighted by molar-refractivity contribution is 7.08. The summed E-state index contributed by atoms with van der Waals surface area (Å²) in [7, 11) is 0. The van der Waals surface area contributed by atoms with Crippen LogP contribution in [0.4, 0.5) is 0 Å². The predicted molar refractivity (Wildman–Crippen MR) is 65.6 cm³/mol. The van der Waals surface area contributed by atoms with Crippen molar-refractivity contribution in [3.05, 3.63) is 22.7 Å². The zero-order valence-corrected chi connectivity index (χ0v) is 10.5. The summed E-state index contributed by atoms with van der Waals surface area (Å²) >= 11 is 1.61. The Labute approximate surface area is 104 Å². The van der Waals surface area contributed by atoms with Crippen LogP contribution in [0.15, 0.2) is 21.3 Å². The number of aliphatic hydroxyl groups is 1. The van der Waals surface area contributed by atoms with Crippen molar-refractivity contribution in [1.29, 1.82) is 0 Å². The van der Waals surface area contributed by atoms with Crippen LogP contribution in [0, 0.1) is 0 Å². The van der Waals surface area contributed by atoms with Crippen molar-refractivity contribution in [2.45, 2.75) is 13.5 Å². The monoisotopic (exact) mass is 253 g/mol. The first-order chi connectivity index (χ1) is 8.33. The van der Waals surface area contributed by atoms with Crippen LogP contribution in [0.25, 0.3) is 11.4 Å². The Balaban J connectivity index is 2.03. The Morgan fingerprint density at radius 3 is 3.06 bits per heavy atom. The van der Waals surface area contributed by atoms with Gasteiger partial charge >= 0.3 is 0 Å². The number of rotatable bonds is 6. The number of hydrogen-bond acceptors (Lipinski definition) is 6. The van der Waals surface area contributed by atoms with Gasteiger partial charge in [0.25, 0.3) is 0 Å². The summed E-state index contributed by atoms with van der Waals surface area (Å²) in [6.45, 7) is 4.21. The SMILES string of the molecule is CCN(CCO)Cc1nc(-c2ccsc2)no1. The molecule has 2 aromatic rings. The molecule has 0 unspecified atom stereocenters. The number of aromatic nitrogens is 2. The largest absolute Gasteiger partial charge is 0.395 e. The lowest BCUT2D eigenvalue weighted by atomic mass is 10.3. The second kappa shape index (κ2) is 5.90. The van der Waals surface area contributed by atoms with Gasteiger partial charge in [0.15, 0.2) is 0 Å². The number of aliphatic hydroxyl groups excluding tert-OH is 1. The van der Waals surface area contributed by atoms with E-state index in [9.17, 15) is 0 Å². The van der Waals surface area contributed by atoms with Gasteiger partial charge in [0.05, 0.1) is 13.2 Å². The van der Waals surface area contributed by atoms with Crippen molar-refractivity contribution in [2.75, 3.05) is 19.7 Å². The molecule has 5 nitrogen and oxygen atoms in total. The van der Waals surface area contributed by atoms with E-state index in [1.54, 1.807) is 11.3 Å². The highest BCUT2D eigenvalue weighted by atomic mass is 32.1. The van der Waals surface area contributed by atoms with Gasteiger partial charge in [-0.2, -0.15) is 16.3 Å². The van der Waals surface area contributed by atoms with Crippen molar-refractivity contribution < 1.29 is 9.63 Å². The van der Waals surface area contributed by atoms with Gasteiger partial charge in [-0.15, -0.1) is 0 Å². The molecule has 0 aromatic carbocycles. The summed E-state index contributed by atoms with van der Waals surface area (Å²) in [5, 5.41) is 16.8. The van der Waals surface area contributed by atoms with Crippen LogP contribution in [0.2, 0.25) is 0 Å². The smallest absolute Gasteiger partial charge is 0.241 e. The van der Waals surface area contributed by atoms with Crippen LogP contribution in [0.5, 0.6) is 0 Å². The molecule has 0 spiro atoms. The van der Waals surface area contributed by atoms with E-state index in [-0.39, 0.29) is 6.61 Å². The van der Waals surface area contributed by atoms with E-state index in [4.69, 9.17) is 9.63 Å². The van der Waals surface area contributed by atoms with Crippen LogP contribution in [0.3, 0.4) is 0 Å². The molecule has 0 fully saturated rings. The molecule has 2 heterocycles. The average Bonchev–Trinajstić information content (AvgIpc) is 2.98. The maximum Gasteiger partial charge on any atom is 0.241 e. The minimum atomic E-state index is 0.138. The fraction of sp³-hybridized carbons (Fsp3) is 0.455. The van der Waals surface area contributed by atoms with Gasteiger partial charge in [-0.05, 0) is 18.0 Å². The first-order valence-corrected chi connectivity index (χ1v) is 6.46. The lowest BCUT2D eigenvalue weighted by Gasteiger charge is -2.15. The van der Waals surface area contributed by atoms with Crippen molar-refractivity contribution in [3.8, 4) is 11.4 Å². The van der Waals surface area contributed by atoms with Gasteiger partial charge < -0.3 is 9.63 Å². The van der Waals surface area contributed by atoms with E-state index in [2.05, 4.69) is 10.1 Å². The molecule has 17 heavy (non-hydrogen) atoms. The van der Waals surface area contributed by atoms with E-state index < -0.39 is 0 Å². The van der Waals surface area contributed by atoms with E-state index in [1.165, 1.54) is 0 Å². The number of thiophene rings is 1. The summed E-state index contributed by atoms with van der Waals surface area (Å²) in [6.07, 6.45) is 0. The maximum atomic E-state index is 8.89. The minimum absolute atomic E-state index is 0.138. The molecular weight excluding hydrogens is 238 g/mol. The third kappa shape index (κ3) is 3.12. The maximum absolute atomic E-state index is 8.89. The first-order valence-electron chi connectivity index (χ1n) is 5.52. The standard InChI is InChI=1S/C11H15N3O2S/c1-2-14(4-5-15)7-10-12-11(13-16-10)9-3-6-17-8-9/h3,6,8,15H,2,4-5,7H2,1H3. The Kier molecular flexibility index (Phi) is 4.24. The minimum Gasteiger partial charge on any atom is -0.395 e. The fourth-order valence-corrected chi connectivity index (χ4v) is 2.14. The van der Waals surface area contributed by atoms with Crippen molar-refractivity contribution in [3.63, 3.8) is 0 Å². The second-order valence-corrected chi connectivity index (χ2v) is 4.40. The Hall–Kier alpha value is -1.24. The molecule has 1 N–H and O–H groups in total. The topological polar surface area (TPSA) is 62.4 Å². The molecule has 0 saturated heterocycles. The third-order valence-corrected chi connectivity index (χ3v) is 3.15. The third-order valence-electron chi connectivity index (χ3n) is 2.47. The van der Waals surface area contributed by atoms with Crippen molar-refractivity contribution in [2.24, 2.45) is 0 Å². The number of hydrogen-bond donors (Lipinski definition) is 1. The highest BCUT2D eigenvalue weighted by Crippen LogP contribution is 2.18. The first kappa shape index (κ1) is 12.2. The Bertz CT molecular complexity index is 441. The predicted octanol–water partition coefficient (Wildman–Crippen LogP) is 1.61. The summed E-state index contributed by atoms with van der Waals surface area (Å²) in [5.41, 5.74) is 0.982. The quantitative estimate of drug-likeness (QED) is 0.847.